The predicted octanol–water partition coefficient (Wildman–Crippen LogP) is 6.67. The first-order chi connectivity index (χ1) is 18.1. The average molecular weight is 562 g/mol. The van der Waals surface area contributed by atoms with Gasteiger partial charge in [-0.05, 0) is 117 Å². The van der Waals surface area contributed by atoms with Crippen LogP contribution in [0.2, 0.25) is 0 Å². The highest BCUT2D eigenvalue weighted by atomic mass is 32.3. The van der Waals surface area contributed by atoms with E-state index in [0.717, 1.165) is 19.1 Å². The quantitative estimate of drug-likeness (QED) is 0.0905. The number of fused-ring (bicyclic) bond motifs is 1. The maximum Gasteiger partial charge on any atom is 0.262 e. The van der Waals surface area contributed by atoms with E-state index in [9.17, 15) is 28.3 Å². The summed E-state index contributed by atoms with van der Waals surface area (Å²) in [5, 5.41) is 30.4. The fourth-order valence-electron chi connectivity index (χ4n) is 7.09. The molecule has 8 heteroatoms. The third-order valence-corrected chi connectivity index (χ3v) is 9.69. The summed E-state index contributed by atoms with van der Waals surface area (Å²) in [4.78, 5) is 0. The molecule has 2 aliphatic carbocycles. The molecule has 3 rings (SSSR count). The Hall–Kier alpha value is -2.29. The van der Waals surface area contributed by atoms with Crippen LogP contribution in [0.4, 0.5) is 0 Å². The summed E-state index contributed by atoms with van der Waals surface area (Å²) in [6, 6.07) is 4.31. The summed E-state index contributed by atoms with van der Waals surface area (Å²) in [5.41, 5.74) is 3.72. The normalized spacial score (nSPS) is 26.5. The van der Waals surface area contributed by atoms with Crippen molar-refractivity contribution >= 4 is 10.4 Å². The zero-order valence-corrected chi connectivity index (χ0v) is 24.8. The van der Waals surface area contributed by atoms with Crippen molar-refractivity contribution in [1.29, 1.82) is 0 Å². The van der Waals surface area contributed by atoms with Crippen LogP contribution in [0.1, 0.15) is 91.5 Å². The summed E-state index contributed by atoms with van der Waals surface area (Å²) >= 11 is 0. The Labute approximate surface area is 234 Å². The molecule has 0 radical (unpaired) electrons. The van der Waals surface area contributed by atoms with Gasteiger partial charge in [0.25, 0.3) is 10.4 Å². The molecule has 0 spiro atoms. The molecule has 0 amide bonds. The number of benzene rings is 1. The highest BCUT2D eigenvalue weighted by molar-refractivity contribution is 7.80. The van der Waals surface area contributed by atoms with Crippen LogP contribution >= 0.6 is 0 Å². The van der Waals surface area contributed by atoms with Gasteiger partial charge in [-0.3, -0.25) is 0 Å². The second-order valence-corrected chi connectivity index (χ2v) is 13.5. The lowest BCUT2D eigenvalue weighted by atomic mass is 9.48. The summed E-state index contributed by atoms with van der Waals surface area (Å²) in [5.74, 6) is 1.05. The van der Waals surface area contributed by atoms with Crippen molar-refractivity contribution in [2.75, 3.05) is 0 Å². The van der Waals surface area contributed by atoms with E-state index in [0.29, 0.717) is 54.2 Å². The Morgan fingerprint density at radius 1 is 1.21 bits per heavy atom. The van der Waals surface area contributed by atoms with Gasteiger partial charge in [-0.15, -0.1) is 0 Å². The molecule has 0 aromatic heterocycles. The zero-order chi connectivity index (χ0) is 29.0. The molecule has 218 valence electrons. The van der Waals surface area contributed by atoms with Gasteiger partial charge in [0.1, 0.15) is 17.8 Å². The van der Waals surface area contributed by atoms with Gasteiger partial charge in [-0.25, -0.2) is 8.42 Å². The number of aliphatic hydroxyl groups is 1. The number of allylic oxidation sites excluding steroid dienone is 4. The number of aliphatic hydroxyl groups excluding tert-OH is 1. The van der Waals surface area contributed by atoms with Gasteiger partial charge < -0.3 is 24.1 Å². The molecule has 1 aromatic rings. The Morgan fingerprint density at radius 2 is 1.92 bits per heavy atom. The second-order valence-electron chi connectivity index (χ2n) is 12.5. The van der Waals surface area contributed by atoms with Crippen molar-refractivity contribution in [2.24, 2.45) is 22.7 Å². The van der Waals surface area contributed by atoms with Crippen molar-refractivity contribution in [3.05, 3.63) is 58.9 Å². The van der Waals surface area contributed by atoms with Crippen LogP contribution in [-0.2, 0) is 21.0 Å². The van der Waals surface area contributed by atoms with Crippen LogP contribution in [0.5, 0.6) is 11.5 Å². The van der Waals surface area contributed by atoms with Crippen LogP contribution < -0.4 is 0 Å². The number of rotatable bonds is 11. The van der Waals surface area contributed by atoms with Gasteiger partial charge in [0, 0.05) is 5.56 Å². The van der Waals surface area contributed by atoms with Crippen LogP contribution in [0.3, 0.4) is 0 Å². The number of hydrogen-bond acceptors (Lipinski definition) is 7. The topological polar surface area (TPSA) is 127 Å². The molecule has 3 N–H and O–H groups in total. The molecule has 39 heavy (non-hydrogen) atoms. The first-order valence-corrected chi connectivity index (χ1v) is 15.3. The standard InChI is InChI=1S/C31H46O7S/c1-21-8-16-29-30(3,4)17-6-18-31(29,5)26(21)13-9-23(20-38-39(35,36)37)10-14-27(33)22(2)7-11-24-19-25(32)12-15-28(24)34/h7-8,12,15,19-20,26-27,29,32-34H,6,9-11,13-14,16-18H2,1-5H3,(H,35,36,37)/p-1/b22-7+,23-20+/t26-,27?,29-,31+/m0/s1. The highest BCUT2D eigenvalue weighted by Gasteiger charge is 2.51. The lowest BCUT2D eigenvalue weighted by Gasteiger charge is -2.57. The molecule has 2 aliphatic rings. The van der Waals surface area contributed by atoms with Crippen molar-refractivity contribution in [2.45, 2.75) is 98.5 Å². The smallest absolute Gasteiger partial charge is 0.262 e. The minimum Gasteiger partial charge on any atom is -0.716 e. The average Bonchev–Trinajstić information content (AvgIpc) is 2.83. The van der Waals surface area contributed by atoms with E-state index < -0.39 is 16.5 Å². The van der Waals surface area contributed by atoms with Gasteiger partial charge in [-0.2, -0.15) is 0 Å². The Balaban J connectivity index is 1.69. The SMILES string of the molecule is CC1=CC[C@H]2C(C)(C)CCC[C@]2(C)[C@H]1CC/C(=C\OS(=O)(=O)[O-])CCC(O)/C(C)=C/Cc1cc(O)ccc1O. The summed E-state index contributed by atoms with van der Waals surface area (Å²) in [7, 11) is -4.88. The van der Waals surface area contributed by atoms with E-state index in [4.69, 9.17) is 0 Å². The maximum absolute atomic E-state index is 11.2. The van der Waals surface area contributed by atoms with Crippen LogP contribution in [0.15, 0.2) is 53.3 Å². The van der Waals surface area contributed by atoms with E-state index in [2.05, 4.69) is 38.0 Å². The van der Waals surface area contributed by atoms with Crippen LogP contribution in [-0.4, -0.2) is 34.4 Å². The van der Waals surface area contributed by atoms with Gasteiger partial charge in [-0.1, -0.05) is 44.9 Å². The zero-order valence-electron chi connectivity index (χ0n) is 23.9. The minimum absolute atomic E-state index is 0.0533. The fraction of sp³-hybridized carbons (Fsp3) is 0.613. The minimum atomic E-state index is -4.88. The molecule has 0 heterocycles. The molecule has 0 aliphatic heterocycles. The van der Waals surface area contributed by atoms with Gasteiger partial charge >= 0.3 is 0 Å². The van der Waals surface area contributed by atoms with Crippen molar-refractivity contribution in [3.63, 3.8) is 0 Å². The number of phenolic OH excluding ortho intramolecular Hbond substituents is 2. The molecule has 1 aromatic carbocycles. The van der Waals surface area contributed by atoms with Crippen molar-refractivity contribution < 1.29 is 32.5 Å². The molecular weight excluding hydrogens is 516 g/mol. The van der Waals surface area contributed by atoms with E-state index >= 15 is 0 Å². The van der Waals surface area contributed by atoms with Crippen molar-refractivity contribution in [3.8, 4) is 11.5 Å². The summed E-state index contributed by atoms with van der Waals surface area (Å²) < 4.78 is 38.1. The molecule has 0 saturated heterocycles. The Morgan fingerprint density at radius 3 is 2.62 bits per heavy atom. The first kappa shape index (κ1) is 31.2. The third kappa shape index (κ3) is 8.12. The van der Waals surface area contributed by atoms with E-state index in [1.807, 2.05) is 0 Å². The van der Waals surface area contributed by atoms with Gasteiger partial charge in [0.2, 0.25) is 0 Å². The number of hydrogen-bond donors (Lipinski definition) is 3. The Bertz CT molecular complexity index is 1210. The molecule has 1 fully saturated rings. The molecule has 7 nitrogen and oxygen atoms in total. The third-order valence-electron chi connectivity index (χ3n) is 9.36. The van der Waals surface area contributed by atoms with E-state index in [1.54, 1.807) is 13.0 Å². The van der Waals surface area contributed by atoms with E-state index in [-0.39, 0.29) is 22.3 Å². The molecular formula is C31H45O7S-. The highest BCUT2D eigenvalue weighted by Crippen LogP contribution is 2.60. The van der Waals surface area contributed by atoms with Crippen molar-refractivity contribution in [1.82, 2.24) is 0 Å². The predicted molar refractivity (Wildman–Crippen MR) is 152 cm³/mol. The largest absolute Gasteiger partial charge is 0.716 e. The lowest BCUT2D eigenvalue weighted by Crippen LogP contribution is -2.48. The number of aromatic hydroxyl groups is 2. The molecule has 0 bridgehead atoms. The molecule has 1 saturated carbocycles. The molecule has 4 atom stereocenters. The van der Waals surface area contributed by atoms with Gasteiger partial charge in [0.05, 0.1) is 6.10 Å². The van der Waals surface area contributed by atoms with E-state index in [1.165, 1.54) is 43.0 Å². The van der Waals surface area contributed by atoms with Gasteiger partial charge in [0.15, 0.2) is 0 Å². The fourth-order valence-corrected chi connectivity index (χ4v) is 7.34. The monoisotopic (exact) mass is 561 g/mol. The van der Waals surface area contributed by atoms with Crippen LogP contribution in [0, 0.1) is 22.7 Å². The first-order valence-electron chi connectivity index (χ1n) is 14.0. The Kier molecular flexibility index (Phi) is 10.00. The lowest BCUT2D eigenvalue weighted by molar-refractivity contribution is -0.0391. The second kappa shape index (κ2) is 12.5. The maximum atomic E-state index is 11.2. The summed E-state index contributed by atoms with van der Waals surface area (Å²) in [6.07, 6.45) is 11.5. The molecule has 1 unspecified atom stereocenters. The van der Waals surface area contributed by atoms with Crippen LogP contribution in [0.25, 0.3) is 0 Å². The summed E-state index contributed by atoms with van der Waals surface area (Å²) in [6.45, 7) is 11.1. The number of phenols is 2.